The van der Waals surface area contributed by atoms with Crippen LogP contribution in [0.5, 0.6) is 0 Å². The average Bonchev–Trinajstić information content (AvgIpc) is 2.69. The summed E-state index contributed by atoms with van der Waals surface area (Å²) in [4.78, 5) is 20.1. The number of carbonyl (C=O) groups excluding carboxylic acids is 1. The van der Waals surface area contributed by atoms with Gasteiger partial charge in [-0.2, -0.15) is 10.1 Å². The van der Waals surface area contributed by atoms with Gasteiger partial charge < -0.3 is 19.9 Å². The Morgan fingerprint density at radius 3 is 2.69 bits per heavy atom. The highest BCUT2D eigenvalue weighted by molar-refractivity contribution is 5.68. The first-order valence-electron chi connectivity index (χ1n) is 8.92. The second-order valence-corrected chi connectivity index (χ2v) is 5.95. The standard InChI is InChI=1S/C18H24N6O2/c1-3-14-7-5-6-8-15(14)20-16-13-19-22-17(21-16)23-9-11-24(12-10-23)18(25)26-4-2/h5-8,13H,3-4,9-12H2,1-2H3,(H,20,21,22). The first-order chi connectivity index (χ1) is 12.7. The number of ether oxygens (including phenoxy) is 1. The largest absolute Gasteiger partial charge is 0.450 e. The number of anilines is 3. The van der Waals surface area contributed by atoms with Gasteiger partial charge in [0.2, 0.25) is 5.95 Å². The van der Waals surface area contributed by atoms with E-state index in [0.29, 0.717) is 44.6 Å². The maximum Gasteiger partial charge on any atom is 0.409 e. The van der Waals surface area contributed by atoms with Crippen molar-refractivity contribution in [2.75, 3.05) is 43.0 Å². The Morgan fingerprint density at radius 2 is 1.96 bits per heavy atom. The van der Waals surface area contributed by atoms with Crippen molar-refractivity contribution in [2.45, 2.75) is 20.3 Å². The minimum Gasteiger partial charge on any atom is -0.450 e. The Kier molecular flexibility index (Phi) is 5.83. The van der Waals surface area contributed by atoms with Crippen molar-refractivity contribution >= 4 is 23.5 Å². The quantitative estimate of drug-likeness (QED) is 0.881. The molecule has 0 spiro atoms. The lowest BCUT2D eigenvalue weighted by Gasteiger charge is -2.33. The zero-order valence-electron chi connectivity index (χ0n) is 15.2. The highest BCUT2D eigenvalue weighted by Crippen LogP contribution is 2.21. The molecule has 2 aromatic rings. The molecule has 8 heteroatoms. The molecule has 0 radical (unpaired) electrons. The summed E-state index contributed by atoms with van der Waals surface area (Å²) in [6, 6.07) is 8.13. The lowest BCUT2D eigenvalue weighted by molar-refractivity contribution is 0.105. The molecule has 1 N–H and O–H groups in total. The van der Waals surface area contributed by atoms with Crippen LogP contribution in [-0.2, 0) is 11.2 Å². The van der Waals surface area contributed by atoms with Gasteiger partial charge in [-0.15, -0.1) is 5.10 Å². The van der Waals surface area contributed by atoms with Crippen LogP contribution in [0.1, 0.15) is 19.4 Å². The van der Waals surface area contributed by atoms with E-state index in [1.807, 2.05) is 30.0 Å². The van der Waals surface area contributed by atoms with Crippen LogP contribution < -0.4 is 10.2 Å². The number of hydrogen-bond donors (Lipinski definition) is 1. The number of aromatic nitrogens is 3. The minimum atomic E-state index is -0.266. The predicted octanol–water partition coefficient (Wildman–Crippen LogP) is 2.46. The van der Waals surface area contributed by atoms with E-state index in [1.54, 1.807) is 11.1 Å². The zero-order valence-corrected chi connectivity index (χ0v) is 15.2. The smallest absolute Gasteiger partial charge is 0.409 e. The molecule has 0 atom stereocenters. The van der Waals surface area contributed by atoms with Gasteiger partial charge in [0.25, 0.3) is 0 Å². The number of nitrogens with zero attached hydrogens (tertiary/aromatic N) is 5. The Hall–Kier alpha value is -2.90. The minimum absolute atomic E-state index is 0.266. The summed E-state index contributed by atoms with van der Waals surface area (Å²) < 4.78 is 5.04. The summed E-state index contributed by atoms with van der Waals surface area (Å²) >= 11 is 0. The van der Waals surface area contributed by atoms with Crippen LogP contribution in [0.4, 0.5) is 22.2 Å². The number of hydrogen-bond acceptors (Lipinski definition) is 7. The van der Waals surface area contributed by atoms with Crippen molar-refractivity contribution < 1.29 is 9.53 Å². The van der Waals surface area contributed by atoms with Gasteiger partial charge in [-0.05, 0) is 25.0 Å². The highest BCUT2D eigenvalue weighted by Gasteiger charge is 2.23. The van der Waals surface area contributed by atoms with Crippen molar-refractivity contribution in [1.82, 2.24) is 20.1 Å². The van der Waals surface area contributed by atoms with E-state index >= 15 is 0 Å². The van der Waals surface area contributed by atoms with Crippen LogP contribution in [0.15, 0.2) is 30.5 Å². The van der Waals surface area contributed by atoms with Crippen LogP contribution in [0, 0.1) is 0 Å². The fraction of sp³-hybridized carbons (Fsp3) is 0.444. The molecular formula is C18H24N6O2. The van der Waals surface area contributed by atoms with E-state index in [1.165, 1.54) is 5.56 Å². The number of para-hydroxylation sites is 1. The second-order valence-electron chi connectivity index (χ2n) is 5.95. The molecule has 0 saturated carbocycles. The normalized spacial score (nSPS) is 14.2. The number of aryl methyl sites for hydroxylation is 1. The third-order valence-electron chi connectivity index (χ3n) is 4.30. The van der Waals surface area contributed by atoms with Gasteiger partial charge >= 0.3 is 6.09 Å². The van der Waals surface area contributed by atoms with Crippen molar-refractivity contribution in [2.24, 2.45) is 0 Å². The molecule has 1 aromatic heterocycles. The third kappa shape index (κ3) is 4.19. The fourth-order valence-corrected chi connectivity index (χ4v) is 2.88. The van der Waals surface area contributed by atoms with E-state index in [4.69, 9.17) is 4.74 Å². The summed E-state index contributed by atoms with van der Waals surface area (Å²) in [5.74, 6) is 1.22. The monoisotopic (exact) mass is 356 g/mol. The van der Waals surface area contributed by atoms with Crippen molar-refractivity contribution in [3.8, 4) is 0 Å². The maximum absolute atomic E-state index is 11.8. The van der Waals surface area contributed by atoms with Crippen molar-refractivity contribution in [1.29, 1.82) is 0 Å². The molecule has 1 saturated heterocycles. The topological polar surface area (TPSA) is 83.5 Å². The van der Waals surface area contributed by atoms with E-state index in [9.17, 15) is 4.79 Å². The van der Waals surface area contributed by atoms with Crippen LogP contribution in [0.25, 0.3) is 0 Å². The van der Waals surface area contributed by atoms with Gasteiger partial charge in [-0.1, -0.05) is 25.1 Å². The van der Waals surface area contributed by atoms with Gasteiger partial charge in [0.1, 0.15) is 0 Å². The number of rotatable bonds is 5. The average molecular weight is 356 g/mol. The number of amides is 1. The van der Waals surface area contributed by atoms with Gasteiger partial charge in [0.05, 0.1) is 12.8 Å². The summed E-state index contributed by atoms with van der Waals surface area (Å²) in [5, 5.41) is 11.5. The first-order valence-corrected chi connectivity index (χ1v) is 8.92. The van der Waals surface area contributed by atoms with E-state index in [0.717, 1.165) is 12.1 Å². The van der Waals surface area contributed by atoms with Gasteiger partial charge in [-0.3, -0.25) is 0 Å². The van der Waals surface area contributed by atoms with E-state index in [-0.39, 0.29) is 6.09 Å². The Bertz CT molecular complexity index is 746. The van der Waals surface area contributed by atoms with Crippen molar-refractivity contribution in [3.63, 3.8) is 0 Å². The summed E-state index contributed by atoms with van der Waals surface area (Å²) in [6.07, 6.45) is 2.28. The van der Waals surface area contributed by atoms with Crippen LogP contribution >= 0.6 is 0 Å². The molecule has 2 heterocycles. The predicted molar refractivity (Wildman–Crippen MR) is 99.7 cm³/mol. The van der Waals surface area contributed by atoms with Crippen LogP contribution in [0.2, 0.25) is 0 Å². The molecule has 1 fully saturated rings. The third-order valence-corrected chi connectivity index (χ3v) is 4.30. The number of piperazine rings is 1. The summed E-state index contributed by atoms with van der Waals surface area (Å²) in [5.41, 5.74) is 2.24. The lowest BCUT2D eigenvalue weighted by Crippen LogP contribution is -2.49. The zero-order chi connectivity index (χ0) is 18.4. The molecule has 0 bridgehead atoms. The molecule has 0 unspecified atom stereocenters. The van der Waals surface area contributed by atoms with Gasteiger partial charge in [0.15, 0.2) is 5.82 Å². The first kappa shape index (κ1) is 17.9. The molecule has 1 aliphatic rings. The Balaban J connectivity index is 1.66. The molecule has 26 heavy (non-hydrogen) atoms. The SMILES string of the molecule is CCOC(=O)N1CCN(c2nncc(Nc3ccccc3CC)n2)CC1. The fourth-order valence-electron chi connectivity index (χ4n) is 2.88. The molecule has 1 aliphatic heterocycles. The molecule has 8 nitrogen and oxygen atoms in total. The summed E-state index contributed by atoms with van der Waals surface area (Å²) in [7, 11) is 0. The summed E-state index contributed by atoms with van der Waals surface area (Å²) in [6.45, 7) is 6.77. The molecule has 1 amide bonds. The number of carbonyl (C=O) groups is 1. The number of nitrogens with one attached hydrogen (secondary N) is 1. The molecule has 0 aliphatic carbocycles. The van der Waals surface area contributed by atoms with E-state index < -0.39 is 0 Å². The lowest BCUT2D eigenvalue weighted by atomic mass is 10.1. The number of benzene rings is 1. The molecular weight excluding hydrogens is 332 g/mol. The van der Waals surface area contributed by atoms with Gasteiger partial charge in [-0.25, -0.2) is 4.79 Å². The molecule has 3 rings (SSSR count). The van der Waals surface area contributed by atoms with Crippen LogP contribution in [-0.4, -0.2) is 59.0 Å². The van der Waals surface area contributed by atoms with Gasteiger partial charge in [0, 0.05) is 31.9 Å². The molecule has 1 aromatic carbocycles. The maximum atomic E-state index is 11.8. The Morgan fingerprint density at radius 1 is 1.19 bits per heavy atom. The second kappa shape index (κ2) is 8.46. The highest BCUT2D eigenvalue weighted by atomic mass is 16.6. The molecule has 138 valence electrons. The van der Waals surface area contributed by atoms with Crippen LogP contribution in [0.3, 0.4) is 0 Å². The van der Waals surface area contributed by atoms with Crippen molar-refractivity contribution in [3.05, 3.63) is 36.0 Å². The van der Waals surface area contributed by atoms with E-state index in [2.05, 4.69) is 33.5 Å². The Labute approximate surface area is 153 Å².